The molecule has 0 aliphatic rings. The number of Topliss-reactive ketones (excluding diaryl/α,β-unsaturated/α-hetero) is 1. The Hall–Kier alpha value is -4.07. The molecular weight excluding hydrogens is 387 g/mol. The molecule has 0 saturated heterocycles. The third-order valence-corrected chi connectivity index (χ3v) is 4.66. The summed E-state index contributed by atoms with van der Waals surface area (Å²) in [4.78, 5) is 39.7. The number of aromatic amines is 1. The number of hydrogen-bond acceptors (Lipinski definition) is 4. The predicted molar refractivity (Wildman–Crippen MR) is 110 cm³/mol. The van der Waals surface area contributed by atoms with E-state index in [1.54, 1.807) is 30.3 Å². The number of para-hydroxylation sites is 1. The second-order valence-corrected chi connectivity index (χ2v) is 6.62. The van der Waals surface area contributed by atoms with Crippen molar-refractivity contribution in [3.8, 4) is 11.3 Å². The Labute approximate surface area is 170 Å². The highest BCUT2D eigenvalue weighted by molar-refractivity contribution is 6.44. The summed E-state index contributed by atoms with van der Waals surface area (Å²) in [6.07, 6.45) is 1.50. The second kappa shape index (κ2) is 8.12. The van der Waals surface area contributed by atoms with Crippen LogP contribution in [0.3, 0.4) is 0 Å². The number of carbonyl (C=O) groups excluding carboxylic acids is 2. The van der Waals surface area contributed by atoms with Crippen LogP contribution in [0.2, 0.25) is 0 Å². The van der Waals surface area contributed by atoms with E-state index in [0.29, 0.717) is 16.6 Å². The quantitative estimate of drug-likeness (QED) is 0.381. The maximum absolute atomic E-state index is 13.1. The molecule has 0 aliphatic carbocycles. The van der Waals surface area contributed by atoms with Crippen LogP contribution in [-0.4, -0.2) is 33.0 Å². The third kappa shape index (κ3) is 3.88. The van der Waals surface area contributed by atoms with Gasteiger partial charge >= 0.3 is 0 Å². The minimum absolute atomic E-state index is 0.0483. The summed E-state index contributed by atoms with van der Waals surface area (Å²) in [6, 6.07) is 15.8. The van der Waals surface area contributed by atoms with Crippen molar-refractivity contribution in [3.63, 3.8) is 0 Å². The molecule has 2 aromatic heterocycles. The van der Waals surface area contributed by atoms with E-state index in [-0.39, 0.29) is 30.0 Å². The highest BCUT2D eigenvalue weighted by atomic mass is 19.1. The average Bonchev–Trinajstić information content (AvgIpc) is 3.19. The zero-order chi connectivity index (χ0) is 21.1. The van der Waals surface area contributed by atoms with Gasteiger partial charge in [0.15, 0.2) is 0 Å². The molecule has 150 valence electrons. The average molecular weight is 404 g/mol. The van der Waals surface area contributed by atoms with E-state index in [1.807, 2.05) is 12.1 Å². The number of benzene rings is 2. The number of carbonyl (C=O) groups is 2. The largest absolute Gasteiger partial charge is 0.360 e. The molecule has 2 N–H and O–H groups in total. The van der Waals surface area contributed by atoms with Crippen LogP contribution in [0.4, 0.5) is 4.39 Å². The lowest BCUT2D eigenvalue weighted by Gasteiger charge is -2.08. The Morgan fingerprint density at radius 3 is 2.60 bits per heavy atom. The van der Waals surface area contributed by atoms with Gasteiger partial charge < -0.3 is 10.3 Å². The fourth-order valence-electron chi connectivity index (χ4n) is 3.12. The molecule has 7 nitrogen and oxygen atoms in total. The Morgan fingerprint density at radius 2 is 1.80 bits per heavy atom. The van der Waals surface area contributed by atoms with Crippen LogP contribution < -0.4 is 10.9 Å². The van der Waals surface area contributed by atoms with E-state index in [2.05, 4.69) is 15.4 Å². The van der Waals surface area contributed by atoms with Gasteiger partial charge in [0.2, 0.25) is 0 Å². The van der Waals surface area contributed by atoms with Gasteiger partial charge in [-0.1, -0.05) is 18.2 Å². The van der Waals surface area contributed by atoms with Gasteiger partial charge in [-0.25, -0.2) is 9.07 Å². The van der Waals surface area contributed by atoms with Crippen LogP contribution >= 0.6 is 0 Å². The minimum Gasteiger partial charge on any atom is -0.360 e. The van der Waals surface area contributed by atoms with Crippen molar-refractivity contribution in [1.82, 2.24) is 20.1 Å². The monoisotopic (exact) mass is 404 g/mol. The molecule has 30 heavy (non-hydrogen) atoms. The second-order valence-electron chi connectivity index (χ2n) is 6.62. The first-order valence-electron chi connectivity index (χ1n) is 9.26. The number of H-pyrrole nitrogens is 1. The number of amides is 1. The number of aromatic nitrogens is 3. The van der Waals surface area contributed by atoms with Gasteiger partial charge in [0.05, 0.1) is 17.8 Å². The Bertz CT molecular complexity index is 1290. The Balaban J connectivity index is 1.43. The Morgan fingerprint density at radius 1 is 1.03 bits per heavy atom. The van der Waals surface area contributed by atoms with Gasteiger partial charge in [0.1, 0.15) is 5.82 Å². The molecule has 2 heterocycles. The summed E-state index contributed by atoms with van der Waals surface area (Å²) >= 11 is 0. The van der Waals surface area contributed by atoms with E-state index in [1.165, 1.54) is 29.1 Å². The molecule has 1 amide bonds. The van der Waals surface area contributed by atoms with Crippen LogP contribution in [0.25, 0.3) is 22.2 Å². The molecule has 4 rings (SSSR count). The highest BCUT2D eigenvalue weighted by Gasteiger charge is 2.19. The van der Waals surface area contributed by atoms with E-state index in [9.17, 15) is 18.8 Å². The SMILES string of the molecule is O=C(NCCn1nc(-c2ccc(F)cc2)ccc1=O)C(=O)c1c[nH]c2ccccc12. The lowest BCUT2D eigenvalue weighted by Crippen LogP contribution is -2.35. The lowest BCUT2D eigenvalue weighted by molar-refractivity contribution is -0.117. The van der Waals surface area contributed by atoms with Crippen molar-refractivity contribution in [3.05, 3.63) is 88.6 Å². The zero-order valence-electron chi connectivity index (χ0n) is 15.8. The fourth-order valence-corrected chi connectivity index (χ4v) is 3.12. The third-order valence-electron chi connectivity index (χ3n) is 4.66. The highest BCUT2D eigenvalue weighted by Crippen LogP contribution is 2.18. The van der Waals surface area contributed by atoms with Crippen molar-refractivity contribution in [1.29, 1.82) is 0 Å². The van der Waals surface area contributed by atoms with E-state index in [0.717, 1.165) is 5.52 Å². The smallest absolute Gasteiger partial charge is 0.292 e. The molecule has 0 aliphatic heterocycles. The first-order valence-corrected chi connectivity index (χ1v) is 9.26. The molecule has 0 radical (unpaired) electrons. The molecule has 0 bridgehead atoms. The molecule has 2 aromatic carbocycles. The number of rotatable bonds is 6. The minimum atomic E-state index is -0.762. The number of halogens is 1. The van der Waals surface area contributed by atoms with Crippen molar-refractivity contribution in [2.45, 2.75) is 6.54 Å². The maximum Gasteiger partial charge on any atom is 0.292 e. The van der Waals surface area contributed by atoms with Crippen LogP contribution in [0.15, 0.2) is 71.7 Å². The number of hydrogen-bond donors (Lipinski definition) is 2. The number of ketones is 1. The summed E-state index contributed by atoms with van der Waals surface area (Å²) in [5.74, 6) is -1.79. The van der Waals surface area contributed by atoms with Gasteiger partial charge in [0, 0.05) is 35.3 Å². The number of nitrogens with zero attached hydrogens (tertiary/aromatic N) is 2. The lowest BCUT2D eigenvalue weighted by atomic mass is 10.1. The summed E-state index contributed by atoms with van der Waals surface area (Å²) < 4.78 is 14.3. The van der Waals surface area contributed by atoms with Crippen molar-refractivity contribution >= 4 is 22.6 Å². The molecule has 0 unspecified atom stereocenters. The molecular formula is C22H17FN4O3. The summed E-state index contributed by atoms with van der Waals surface area (Å²) in [7, 11) is 0. The van der Waals surface area contributed by atoms with Gasteiger partial charge in [-0.2, -0.15) is 5.10 Å². The first-order chi connectivity index (χ1) is 14.5. The topological polar surface area (TPSA) is 96.8 Å². The molecule has 8 heteroatoms. The van der Waals surface area contributed by atoms with Crippen LogP contribution in [0.1, 0.15) is 10.4 Å². The summed E-state index contributed by atoms with van der Waals surface area (Å²) in [6.45, 7) is 0.132. The van der Waals surface area contributed by atoms with Crippen LogP contribution in [-0.2, 0) is 11.3 Å². The van der Waals surface area contributed by atoms with Crippen LogP contribution in [0.5, 0.6) is 0 Å². The van der Waals surface area contributed by atoms with E-state index < -0.39 is 11.7 Å². The fraction of sp³-hybridized carbons (Fsp3) is 0.0909. The summed E-state index contributed by atoms with van der Waals surface area (Å²) in [5.41, 5.74) is 1.86. The van der Waals surface area contributed by atoms with Crippen molar-refractivity contribution in [2.75, 3.05) is 6.54 Å². The van der Waals surface area contributed by atoms with Crippen LogP contribution in [0, 0.1) is 5.82 Å². The van der Waals surface area contributed by atoms with Gasteiger partial charge in [0.25, 0.3) is 17.2 Å². The standard InChI is InChI=1S/C22H17FN4O3/c23-15-7-5-14(6-8-15)18-9-10-20(28)27(26-18)12-11-24-22(30)21(29)17-13-25-19-4-2-1-3-16(17)19/h1-10,13,25H,11-12H2,(H,24,30). The number of nitrogens with one attached hydrogen (secondary N) is 2. The van der Waals surface area contributed by atoms with Crippen molar-refractivity contribution in [2.24, 2.45) is 0 Å². The predicted octanol–water partition coefficient (Wildman–Crippen LogP) is 2.53. The normalized spacial score (nSPS) is 10.8. The van der Waals surface area contributed by atoms with Gasteiger partial charge in [-0.15, -0.1) is 0 Å². The number of fused-ring (bicyclic) bond motifs is 1. The Kier molecular flexibility index (Phi) is 5.21. The van der Waals surface area contributed by atoms with Crippen molar-refractivity contribution < 1.29 is 14.0 Å². The molecule has 0 fully saturated rings. The maximum atomic E-state index is 13.1. The van der Waals surface area contributed by atoms with E-state index in [4.69, 9.17) is 0 Å². The first kappa shape index (κ1) is 19.3. The molecule has 0 spiro atoms. The van der Waals surface area contributed by atoms with Gasteiger partial charge in [-0.05, 0) is 36.4 Å². The zero-order valence-corrected chi connectivity index (χ0v) is 15.8. The molecule has 4 aromatic rings. The van der Waals surface area contributed by atoms with E-state index >= 15 is 0 Å². The molecule has 0 atom stereocenters. The van der Waals surface area contributed by atoms with Gasteiger partial charge in [-0.3, -0.25) is 14.4 Å². The molecule has 0 saturated carbocycles. The summed E-state index contributed by atoms with van der Waals surface area (Å²) in [5, 5.41) is 7.44.